The van der Waals surface area contributed by atoms with Crippen LogP contribution in [0.1, 0.15) is 22.5 Å². The van der Waals surface area contributed by atoms with Gasteiger partial charge in [-0.3, -0.25) is 4.79 Å². The first kappa shape index (κ1) is 14.0. The summed E-state index contributed by atoms with van der Waals surface area (Å²) in [6.07, 6.45) is 1.30. The molecule has 1 amide bonds. The lowest BCUT2D eigenvalue weighted by molar-refractivity contribution is -0.144. The molecule has 1 aromatic heterocycles. The number of amides is 1. The molecule has 1 aromatic rings. The standard InChI is InChI=1S/C13H18N2O3S/c1-14(2)9-5-6-15(10(8-9)13(17)18)12(16)11-4-3-7-19-11/h3-4,7,9-10H,5-6,8H2,1-2H3,(H,17,18)/t9-,10-/m0/s1. The first-order chi connectivity index (χ1) is 9.00. The van der Waals surface area contributed by atoms with Gasteiger partial charge in [0, 0.05) is 12.6 Å². The maximum Gasteiger partial charge on any atom is 0.326 e. The minimum atomic E-state index is -0.920. The SMILES string of the molecule is CN(C)[C@H]1CCN(C(=O)c2cccs2)[C@H](C(=O)O)C1. The molecule has 2 heterocycles. The molecule has 0 bridgehead atoms. The molecule has 0 spiro atoms. The van der Waals surface area contributed by atoms with Crippen LogP contribution in [0.5, 0.6) is 0 Å². The molecule has 104 valence electrons. The number of carbonyl (C=O) groups excluding carboxylic acids is 1. The Bertz CT molecular complexity index is 458. The van der Waals surface area contributed by atoms with Crippen molar-refractivity contribution in [1.29, 1.82) is 0 Å². The van der Waals surface area contributed by atoms with Crippen LogP contribution in [-0.4, -0.2) is 59.5 Å². The van der Waals surface area contributed by atoms with Crippen LogP contribution < -0.4 is 0 Å². The Morgan fingerprint density at radius 1 is 1.47 bits per heavy atom. The fraction of sp³-hybridized carbons (Fsp3) is 0.538. The fourth-order valence-corrected chi connectivity index (χ4v) is 3.11. The van der Waals surface area contributed by atoms with Crippen LogP contribution in [0.25, 0.3) is 0 Å². The van der Waals surface area contributed by atoms with Gasteiger partial charge < -0.3 is 14.9 Å². The van der Waals surface area contributed by atoms with E-state index in [0.29, 0.717) is 17.8 Å². The number of carbonyl (C=O) groups is 2. The molecule has 1 saturated heterocycles. The lowest BCUT2D eigenvalue weighted by atomic mass is 9.96. The Labute approximate surface area is 116 Å². The van der Waals surface area contributed by atoms with Crippen LogP contribution in [0.2, 0.25) is 0 Å². The number of rotatable bonds is 3. The van der Waals surface area contributed by atoms with E-state index in [-0.39, 0.29) is 11.9 Å². The molecule has 0 aliphatic carbocycles. The van der Waals surface area contributed by atoms with Gasteiger partial charge in [0.25, 0.3) is 5.91 Å². The van der Waals surface area contributed by atoms with E-state index in [1.165, 1.54) is 16.2 Å². The van der Waals surface area contributed by atoms with Crippen molar-refractivity contribution in [1.82, 2.24) is 9.80 Å². The molecule has 0 unspecified atom stereocenters. The van der Waals surface area contributed by atoms with Crippen LogP contribution in [0, 0.1) is 0 Å². The van der Waals surface area contributed by atoms with Crippen LogP contribution >= 0.6 is 11.3 Å². The lowest BCUT2D eigenvalue weighted by Gasteiger charge is -2.39. The third-order valence-electron chi connectivity index (χ3n) is 3.58. The van der Waals surface area contributed by atoms with Crippen LogP contribution in [0.15, 0.2) is 17.5 Å². The zero-order chi connectivity index (χ0) is 14.0. The Morgan fingerprint density at radius 2 is 2.21 bits per heavy atom. The van der Waals surface area contributed by atoms with E-state index in [1.54, 1.807) is 12.1 Å². The molecule has 2 atom stereocenters. The van der Waals surface area contributed by atoms with Gasteiger partial charge in [-0.1, -0.05) is 6.07 Å². The highest BCUT2D eigenvalue weighted by atomic mass is 32.1. The number of piperidine rings is 1. The summed E-state index contributed by atoms with van der Waals surface area (Å²) in [7, 11) is 3.89. The number of hydrogen-bond acceptors (Lipinski definition) is 4. The van der Waals surface area contributed by atoms with Gasteiger partial charge in [-0.25, -0.2) is 4.79 Å². The number of hydrogen-bond donors (Lipinski definition) is 1. The van der Waals surface area contributed by atoms with E-state index < -0.39 is 12.0 Å². The molecular formula is C13H18N2O3S. The molecule has 1 N–H and O–H groups in total. The minimum absolute atomic E-state index is 0.167. The molecule has 5 nitrogen and oxygen atoms in total. The normalized spacial score (nSPS) is 23.6. The maximum absolute atomic E-state index is 12.3. The van der Waals surface area contributed by atoms with Crippen molar-refractivity contribution in [3.8, 4) is 0 Å². The highest BCUT2D eigenvalue weighted by Gasteiger charge is 2.37. The Morgan fingerprint density at radius 3 is 2.74 bits per heavy atom. The van der Waals surface area contributed by atoms with Crippen molar-refractivity contribution >= 4 is 23.2 Å². The van der Waals surface area contributed by atoms with Gasteiger partial charge in [0.05, 0.1) is 4.88 Å². The zero-order valence-corrected chi connectivity index (χ0v) is 11.9. The van der Waals surface area contributed by atoms with Crippen LogP contribution in [-0.2, 0) is 4.79 Å². The quantitative estimate of drug-likeness (QED) is 0.909. The van der Waals surface area contributed by atoms with Crippen molar-refractivity contribution in [3.63, 3.8) is 0 Å². The molecule has 0 radical (unpaired) electrons. The Hall–Kier alpha value is -1.40. The van der Waals surface area contributed by atoms with Gasteiger partial charge in [-0.15, -0.1) is 11.3 Å². The summed E-state index contributed by atoms with van der Waals surface area (Å²) in [6, 6.07) is 3.04. The van der Waals surface area contributed by atoms with Crippen molar-refractivity contribution < 1.29 is 14.7 Å². The maximum atomic E-state index is 12.3. The average Bonchev–Trinajstić information content (AvgIpc) is 2.90. The van der Waals surface area contributed by atoms with Gasteiger partial charge >= 0.3 is 5.97 Å². The summed E-state index contributed by atoms with van der Waals surface area (Å²) in [5, 5.41) is 11.2. The largest absolute Gasteiger partial charge is 0.480 e. The molecule has 1 aliphatic heterocycles. The molecule has 2 rings (SSSR count). The first-order valence-corrected chi connectivity index (χ1v) is 7.12. The number of likely N-dealkylation sites (tertiary alicyclic amines) is 1. The number of carboxylic acid groups (broad SMARTS) is 1. The third-order valence-corrected chi connectivity index (χ3v) is 4.44. The van der Waals surface area contributed by atoms with E-state index in [0.717, 1.165) is 6.42 Å². The van der Waals surface area contributed by atoms with Gasteiger partial charge in [-0.2, -0.15) is 0 Å². The van der Waals surface area contributed by atoms with Crippen molar-refractivity contribution in [3.05, 3.63) is 22.4 Å². The highest BCUT2D eigenvalue weighted by Crippen LogP contribution is 2.24. The van der Waals surface area contributed by atoms with E-state index in [9.17, 15) is 14.7 Å². The molecule has 6 heteroatoms. The van der Waals surface area contributed by atoms with Crippen molar-refractivity contribution in [2.45, 2.75) is 24.9 Å². The molecule has 0 aromatic carbocycles. The third kappa shape index (κ3) is 2.96. The van der Waals surface area contributed by atoms with E-state index in [2.05, 4.69) is 0 Å². The fourth-order valence-electron chi connectivity index (χ4n) is 2.43. The Kier molecular flexibility index (Phi) is 4.21. The van der Waals surface area contributed by atoms with E-state index >= 15 is 0 Å². The minimum Gasteiger partial charge on any atom is -0.480 e. The van der Waals surface area contributed by atoms with Gasteiger partial charge in [0.1, 0.15) is 6.04 Å². The van der Waals surface area contributed by atoms with Gasteiger partial charge in [-0.05, 0) is 38.4 Å². The van der Waals surface area contributed by atoms with Crippen molar-refractivity contribution in [2.24, 2.45) is 0 Å². The molecular weight excluding hydrogens is 264 g/mol. The van der Waals surface area contributed by atoms with E-state index in [1.807, 2.05) is 24.4 Å². The smallest absolute Gasteiger partial charge is 0.326 e. The highest BCUT2D eigenvalue weighted by molar-refractivity contribution is 7.12. The lowest BCUT2D eigenvalue weighted by Crippen LogP contribution is -2.53. The van der Waals surface area contributed by atoms with Crippen molar-refractivity contribution in [2.75, 3.05) is 20.6 Å². The zero-order valence-electron chi connectivity index (χ0n) is 11.1. The van der Waals surface area contributed by atoms with E-state index in [4.69, 9.17) is 0 Å². The number of thiophene rings is 1. The summed E-state index contributed by atoms with van der Waals surface area (Å²) in [5.41, 5.74) is 0. The molecule has 0 saturated carbocycles. The second-order valence-corrected chi connectivity index (χ2v) is 5.92. The topological polar surface area (TPSA) is 60.9 Å². The summed E-state index contributed by atoms with van der Waals surface area (Å²) in [6.45, 7) is 0.497. The predicted molar refractivity (Wildman–Crippen MR) is 73.5 cm³/mol. The van der Waals surface area contributed by atoms with Crippen LogP contribution in [0.3, 0.4) is 0 Å². The summed E-state index contributed by atoms with van der Waals surface area (Å²) < 4.78 is 0. The second-order valence-electron chi connectivity index (χ2n) is 4.97. The number of carboxylic acids is 1. The molecule has 1 fully saturated rings. The number of aliphatic carboxylic acids is 1. The second kappa shape index (κ2) is 5.71. The summed E-state index contributed by atoms with van der Waals surface area (Å²) in [5.74, 6) is -1.09. The monoisotopic (exact) mass is 282 g/mol. The predicted octanol–water partition coefficient (Wildman–Crippen LogP) is 1.37. The first-order valence-electron chi connectivity index (χ1n) is 6.24. The van der Waals surface area contributed by atoms with Crippen LogP contribution in [0.4, 0.5) is 0 Å². The average molecular weight is 282 g/mol. The molecule has 19 heavy (non-hydrogen) atoms. The molecule has 1 aliphatic rings. The summed E-state index contributed by atoms with van der Waals surface area (Å²) >= 11 is 1.35. The van der Waals surface area contributed by atoms with Gasteiger partial charge in [0.2, 0.25) is 0 Å². The Balaban J connectivity index is 2.16. The summed E-state index contributed by atoms with van der Waals surface area (Å²) in [4.78, 5) is 27.8. The number of nitrogens with zero attached hydrogens (tertiary/aromatic N) is 2. The van der Waals surface area contributed by atoms with Gasteiger partial charge in [0.15, 0.2) is 0 Å².